The van der Waals surface area contributed by atoms with Crippen molar-refractivity contribution in [1.82, 2.24) is 0 Å². The Balaban J connectivity index is 2.28. The van der Waals surface area contributed by atoms with Crippen LogP contribution in [-0.4, -0.2) is 27.1 Å². The monoisotopic (exact) mass is 363 g/mol. The number of rotatable bonds is 5. The molecule has 2 N–H and O–H groups in total. The van der Waals surface area contributed by atoms with E-state index in [0.717, 1.165) is 5.56 Å². The van der Waals surface area contributed by atoms with Gasteiger partial charge in [0.1, 0.15) is 0 Å². The highest BCUT2D eigenvalue weighted by atomic mass is 16.6. The number of hydrogen-bond acceptors (Lipinski definition) is 4. The number of nitro benzene ring substituents is 1. The molecule has 0 unspecified atom stereocenters. The van der Waals surface area contributed by atoms with Crippen LogP contribution in [0.3, 0.4) is 0 Å². The Bertz CT molecular complexity index is 1060. The molecule has 0 bridgehead atoms. The van der Waals surface area contributed by atoms with Crippen LogP contribution in [0.15, 0.2) is 66.7 Å². The summed E-state index contributed by atoms with van der Waals surface area (Å²) in [5.41, 5.74) is 1.39. The number of carbonyl (C=O) groups is 2. The van der Waals surface area contributed by atoms with E-state index in [1.165, 1.54) is 30.3 Å². The molecule has 0 saturated heterocycles. The lowest BCUT2D eigenvalue weighted by Crippen LogP contribution is -2.08. The maximum atomic E-state index is 11.5. The molecule has 0 radical (unpaired) electrons. The molecule has 3 aromatic rings. The number of nitrogens with zero attached hydrogens (tertiary/aromatic N) is 1. The number of carboxylic acid groups (broad SMARTS) is 2. The van der Waals surface area contributed by atoms with E-state index in [9.17, 15) is 29.9 Å². The van der Waals surface area contributed by atoms with Gasteiger partial charge in [0.15, 0.2) is 0 Å². The average Bonchev–Trinajstić information content (AvgIpc) is 2.67. The average molecular weight is 363 g/mol. The van der Waals surface area contributed by atoms with Gasteiger partial charge in [0.05, 0.1) is 16.1 Å². The van der Waals surface area contributed by atoms with Crippen LogP contribution in [0.1, 0.15) is 20.7 Å². The predicted octanol–water partition coefficient (Wildman–Crippen LogP) is 4.33. The Morgan fingerprint density at radius 3 is 2.00 bits per heavy atom. The van der Waals surface area contributed by atoms with Crippen molar-refractivity contribution < 1.29 is 24.7 Å². The molecule has 134 valence electrons. The fourth-order valence-electron chi connectivity index (χ4n) is 2.83. The largest absolute Gasteiger partial charge is 0.478 e. The van der Waals surface area contributed by atoms with Crippen LogP contribution in [-0.2, 0) is 0 Å². The molecule has 0 aliphatic heterocycles. The zero-order valence-electron chi connectivity index (χ0n) is 13.8. The second-order valence-electron chi connectivity index (χ2n) is 5.72. The van der Waals surface area contributed by atoms with Crippen LogP contribution in [0.5, 0.6) is 0 Å². The van der Waals surface area contributed by atoms with Gasteiger partial charge < -0.3 is 10.2 Å². The van der Waals surface area contributed by atoms with E-state index < -0.39 is 16.9 Å². The van der Waals surface area contributed by atoms with Gasteiger partial charge >= 0.3 is 11.9 Å². The van der Waals surface area contributed by atoms with E-state index in [2.05, 4.69) is 0 Å². The highest BCUT2D eigenvalue weighted by Crippen LogP contribution is 2.35. The quantitative estimate of drug-likeness (QED) is 0.515. The topological polar surface area (TPSA) is 118 Å². The third-order valence-corrected chi connectivity index (χ3v) is 4.09. The number of non-ortho nitro benzene ring substituents is 1. The molecule has 7 heteroatoms. The predicted molar refractivity (Wildman–Crippen MR) is 97.9 cm³/mol. The van der Waals surface area contributed by atoms with E-state index in [-0.39, 0.29) is 16.8 Å². The van der Waals surface area contributed by atoms with Crippen molar-refractivity contribution in [3.63, 3.8) is 0 Å². The van der Waals surface area contributed by atoms with E-state index in [1.807, 2.05) is 30.3 Å². The number of nitro groups is 1. The van der Waals surface area contributed by atoms with Crippen LogP contribution >= 0.6 is 0 Å². The Morgan fingerprint density at radius 1 is 0.741 bits per heavy atom. The molecule has 0 atom stereocenters. The fraction of sp³-hybridized carbons (Fsp3) is 0. The van der Waals surface area contributed by atoms with Gasteiger partial charge in [0.25, 0.3) is 5.69 Å². The van der Waals surface area contributed by atoms with Gasteiger partial charge in [0.2, 0.25) is 0 Å². The van der Waals surface area contributed by atoms with Crippen LogP contribution < -0.4 is 0 Å². The van der Waals surface area contributed by atoms with Crippen molar-refractivity contribution in [3.05, 3.63) is 88.0 Å². The highest BCUT2D eigenvalue weighted by Gasteiger charge is 2.19. The summed E-state index contributed by atoms with van der Waals surface area (Å²) in [5, 5.41) is 29.7. The second-order valence-corrected chi connectivity index (χ2v) is 5.72. The van der Waals surface area contributed by atoms with E-state index in [1.54, 1.807) is 6.07 Å². The minimum Gasteiger partial charge on any atom is -0.478 e. The summed E-state index contributed by atoms with van der Waals surface area (Å²) in [6.07, 6.45) is 0. The first kappa shape index (κ1) is 17.8. The molecule has 3 rings (SSSR count). The van der Waals surface area contributed by atoms with Gasteiger partial charge in [-0.05, 0) is 40.5 Å². The second kappa shape index (κ2) is 7.09. The van der Waals surface area contributed by atoms with Gasteiger partial charge in [-0.15, -0.1) is 0 Å². The van der Waals surface area contributed by atoms with Gasteiger partial charge in [-0.2, -0.15) is 0 Å². The minimum atomic E-state index is -1.39. The van der Waals surface area contributed by atoms with Crippen LogP contribution in [0.4, 0.5) is 5.69 Å². The Kier molecular flexibility index (Phi) is 4.68. The van der Waals surface area contributed by atoms with Crippen LogP contribution in [0, 0.1) is 10.1 Å². The zero-order chi connectivity index (χ0) is 19.6. The SMILES string of the molecule is O=C(O)c1ccc(-c2cc([N+](=O)[O-])ccc2-c2ccccc2)cc1C(=O)O. The molecule has 0 aliphatic carbocycles. The van der Waals surface area contributed by atoms with E-state index in [0.29, 0.717) is 16.7 Å². The molecule has 0 fully saturated rings. The third kappa shape index (κ3) is 3.52. The van der Waals surface area contributed by atoms with E-state index >= 15 is 0 Å². The van der Waals surface area contributed by atoms with E-state index in [4.69, 9.17) is 0 Å². The molecule has 3 aromatic carbocycles. The van der Waals surface area contributed by atoms with Crippen LogP contribution in [0.25, 0.3) is 22.3 Å². The van der Waals surface area contributed by atoms with Gasteiger partial charge in [0, 0.05) is 12.1 Å². The Hall–Kier alpha value is -4.00. The summed E-state index contributed by atoms with van der Waals surface area (Å²) in [6, 6.07) is 17.3. The first-order valence-electron chi connectivity index (χ1n) is 7.83. The summed E-state index contributed by atoms with van der Waals surface area (Å²) in [7, 11) is 0. The lowest BCUT2D eigenvalue weighted by Gasteiger charge is -2.12. The Morgan fingerprint density at radius 2 is 1.41 bits per heavy atom. The molecule has 0 aliphatic rings. The lowest BCUT2D eigenvalue weighted by molar-refractivity contribution is -0.384. The van der Waals surface area contributed by atoms with Crippen molar-refractivity contribution in [2.45, 2.75) is 0 Å². The lowest BCUT2D eigenvalue weighted by atomic mass is 9.92. The zero-order valence-corrected chi connectivity index (χ0v) is 13.8. The number of benzene rings is 3. The van der Waals surface area contributed by atoms with Crippen molar-refractivity contribution in [1.29, 1.82) is 0 Å². The van der Waals surface area contributed by atoms with Crippen molar-refractivity contribution in [2.24, 2.45) is 0 Å². The number of carboxylic acids is 2. The van der Waals surface area contributed by atoms with Crippen molar-refractivity contribution in [2.75, 3.05) is 0 Å². The standard InChI is InChI=1S/C20H13NO6/c22-19(23)16-8-6-13(10-18(16)20(24)25)17-11-14(21(26)27)7-9-15(17)12-4-2-1-3-5-12/h1-11H,(H,22,23)(H,24,25). The highest BCUT2D eigenvalue weighted by molar-refractivity contribution is 6.03. The number of aromatic carboxylic acids is 2. The molecular weight excluding hydrogens is 350 g/mol. The molecule has 0 amide bonds. The first-order valence-corrected chi connectivity index (χ1v) is 7.83. The van der Waals surface area contributed by atoms with Gasteiger partial charge in [-0.25, -0.2) is 9.59 Å². The molecule has 0 saturated carbocycles. The normalized spacial score (nSPS) is 10.4. The van der Waals surface area contributed by atoms with Gasteiger partial charge in [-0.1, -0.05) is 36.4 Å². The molecule has 27 heavy (non-hydrogen) atoms. The molecule has 0 aromatic heterocycles. The van der Waals surface area contributed by atoms with Gasteiger partial charge in [-0.3, -0.25) is 10.1 Å². The summed E-state index contributed by atoms with van der Waals surface area (Å²) >= 11 is 0. The maximum absolute atomic E-state index is 11.5. The summed E-state index contributed by atoms with van der Waals surface area (Å²) in [6.45, 7) is 0. The molecular formula is C20H13NO6. The third-order valence-electron chi connectivity index (χ3n) is 4.09. The fourth-order valence-corrected chi connectivity index (χ4v) is 2.83. The molecule has 7 nitrogen and oxygen atoms in total. The first-order chi connectivity index (χ1) is 12.9. The Labute approximate surface area is 153 Å². The summed E-state index contributed by atoms with van der Waals surface area (Å²) in [5.74, 6) is -2.75. The smallest absolute Gasteiger partial charge is 0.336 e. The molecule has 0 heterocycles. The van der Waals surface area contributed by atoms with Crippen LogP contribution in [0.2, 0.25) is 0 Å². The maximum Gasteiger partial charge on any atom is 0.336 e. The summed E-state index contributed by atoms with van der Waals surface area (Å²) in [4.78, 5) is 33.4. The number of hydrogen-bond donors (Lipinski definition) is 2. The molecule has 0 spiro atoms. The summed E-state index contributed by atoms with van der Waals surface area (Å²) < 4.78 is 0. The van der Waals surface area contributed by atoms with Crippen molar-refractivity contribution >= 4 is 17.6 Å². The minimum absolute atomic E-state index is 0.149. The van der Waals surface area contributed by atoms with Crippen molar-refractivity contribution in [3.8, 4) is 22.3 Å².